The number of aryl methyl sites for hydroxylation is 1. The van der Waals surface area contributed by atoms with E-state index in [4.69, 9.17) is 0 Å². The minimum absolute atomic E-state index is 0.182. The number of hydrogen-bond donors (Lipinski definition) is 1. The average Bonchev–Trinajstić information content (AvgIpc) is 3.15. The number of amides is 1. The van der Waals surface area contributed by atoms with Crippen LogP contribution >= 0.6 is 15.9 Å². The van der Waals surface area contributed by atoms with Gasteiger partial charge < -0.3 is 10.2 Å². The van der Waals surface area contributed by atoms with E-state index in [1.165, 1.54) is 12.8 Å². The van der Waals surface area contributed by atoms with Gasteiger partial charge in [-0.25, -0.2) is 0 Å². The number of nitrogens with zero attached hydrogens (tertiary/aromatic N) is 1. The van der Waals surface area contributed by atoms with E-state index in [1.54, 1.807) is 0 Å². The summed E-state index contributed by atoms with van der Waals surface area (Å²) in [5.41, 5.74) is 1.96. The molecule has 2 aliphatic rings. The highest BCUT2D eigenvalue weighted by atomic mass is 79.9. The Labute approximate surface area is 128 Å². The summed E-state index contributed by atoms with van der Waals surface area (Å²) in [6, 6.07) is 6.85. The molecule has 20 heavy (non-hydrogen) atoms. The number of hydrogen-bond acceptors (Lipinski definition) is 2. The Morgan fingerprint density at radius 3 is 2.80 bits per heavy atom. The minimum Gasteiger partial charge on any atom is -0.334 e. The quantitative estimate of drug-likeness (QED) is 0.916. The van der Waals surface area contributed by atoms with Crippen LogP contribution in [0.1, 0.15) is 41.6 Å². The van der Waals surface area contributed by atoms with E-state index >= 15 is 0 Å². The molecule has 3 nitrogen and oxygen atoms in total. The fourth-order valence-corrected chi connectivity index (χ4v) is 3.20. The predicted molar refractivity (Wildman–Crippen MR) is 84.0 cm³/mol. The molecule has 0 bridgehead atoms. The number of rotatable bonds is 4. The van der Waals surface area contributed by atoms with E-state index in [9.17, 15) is 4.79 Å². The van der Waals surface area contributed by atoms with Gasteiger partial charge in [0.15, 0.2) is 0 Å². The Hall–Kier alpha value is -0.870. The second-order valence-electron chi connectivity index (χ2n) is 5.95. The Bertz CT molecular complexity index is 507. The van der Waals surface area contributed by atoms with Crippen molar-refractivity contribution < 1.29 is 4.79 Å². The smallest absolute Gasteiger partial charge is 0.254 e. The van der Waals surface area contributed by atoms with Crippen molar-refractivity contribution in [2.75, 3.05) is 13.1 Å². The summed E-state index contributed by atoms with van der Waals surface area (Å²) >= 11 is 3.52. The van der Waals surface area contributed by atoms with Crippen molar-refractivity contribution in [1.82, 2.24) is 10.2 Å². The Morgan fingerprint density at radius 2 is 2.20 bits per heavy atom. The van der Waals surface area contributed by atoms with Crippen molar-refractivity contribution in [2.45, 2.75) is 44.7 Å². The van der Waals surface area contributed by atoms with Crippen LogP contribution in [0.2, 0.25) is 0 Å². The maximum absolute atomic E-state index is 12.8. The van der Waals surface area contributed by atoms with Gasteiger partial charge in [-0.15, -0.1) is 0 Å². The number of halogens is 1. The standard InChI is InChI=1S/C16H21BrN2O/c1-11-4-5-12(9-15(11)17)16(20)19(14-6-7-14)10-13-3-2-8-18-13/h4-5,9,13-14,18H,2-3,6-8,10H2,1H3. The van der Waals surface area contributed by atoms with Gasteiger partial charge in [-0.2, -0.15) is 0 Å². The molecule has 0 spiro atoms. The third-order valence-electron chi connectivity index (χ3n) is 4.25. The molecule has 108 valence electrons. The lowest BCUT2D eigenvalue weighted by molar-refractivity contribution is 0.0728. The Morgan fingerprint density at radius 1 is 1.40 bits per heavy atom. The molecule has 1 atom stereocenters. The van der Waals surface area contributed by atoms with Gasteiger partial charge >= 0.3 is 0 Å². The number of nitrogens with one attached hydrogen (secondary N) is 1. The molecule has 1 unspecified atom stereocenters. The van der Waals surface area contributed by atoms with Gasteiger partial charge in [0.1, 0.15) is 0 Å². The van der Waals surface area contributed by atoms with Crippen molar-refractivity contribution in [1.29, 1.82) is 0 Å². The first-order chi connectivity index (χ1) is 9.65. The second-order valence-corrected chi connectivity index (χ2v) is 6.80. The van der Waals surface area contributed by atoms with Crippen LogP contribution in [0.25, 0.3) is 0 Å². The van der Waals surface area contributed by atoms with E-state index in [0.717, 1.165) is 41.5 Å². The maximum Gasteiger partial charge on any atom is 0.254 e. The van der Waals surface area contributed by atoms with Crippen molar-refractivity contribution >= 4 is 21.8 Å². The van der Waals surface area contributed by atoms with Gasteiger partial charge in [0.25, 0.3) is 5.91 Å². The van der Waals surface area contributed by atoms with Crippen LogP contribution in [-0.4, -0.2) is 36.0 Å². The maximum atomic E-state index is 12.8. The van der Waals surface area contributed by atoms with Gasteiger partial charge in [-0.05, 0) is 56.8 Å². The van der Waals surface area contributed by atoms with E-state index in [1.807, 2.05) is 25.1 Å². The highest BCUT2D eigenvalue weighted by molar-refractivity contribution is 9.10. The topological polar surface area (TPSA) is 32.3 Å². The summed E-state index contributed by atoms with van der Waals surface area (Å²) in [7, 11) is 0. The van der Waals surface area contributed by atoms with Crippen LogP contribution in [0.15, 0.2) is 22.7 Å². The van der Waals surface area contributed by atoms with Crippen molar-refractivity contribution in [2.24, 2.45) is 0 Å². The first kappa shape index (κ1) is 14.1. The molecule has 4 heteroatoms. The summed E-state index contributed by atoms with van der Waals surface area (Å²) in [4.78, 5) is 14.8. The van der Waals surface area contributed by atoms with Gasteiger partial charge in [-0.1, -0.05) is 22.0 Å². The third-order valence-corrected chi connectivity index (χ3v) is 5.10. The summed E-state index contributed by atoms with van der Waals surface area (Å²) < 4.78 is 1.01. The molecule has 2 fully saturated rings. The van der Waals surface area contributed by atoms with Crippen LogP contribution in [0, 0.1) is 6.92 Å². The zero-order valence-corrected chi connectivity index (χ0v) is 13.4. The summed E-state index contributed by atoms with van der Waals surface area (Å²) in [6.45, 7) is 3.99. The summed E-state index contributed by atoms with van der Waals surface area (Å²) in [6.07, 6.45) is 4.73. The molecular formula is C16H21BrN2O. The van der Waals surface area contributed by atoms with Gasteiger partial charge in [0.2, 0.25) is 0 Å². The summed E-state index contributed by atoms with van der Waals surface area (Å²) in [5.74, 6) is 0.182. The normalized spacial score (nSPS) is 22.0. The zero-order valence-electron chi connectivity index (χ0n) is 11.9. The molecule has 1 saturated carbocycles. The molecule has 1 aromatic carbocycles. The van der Waals surface area contributed by atoms with Crippen LogP contribution < -0.4 is 5.32 Å². The van der Waals surface area contributed by atoms with Crippen molar-refractivity contribution in [3.8, 4) is 0 Å². The van der Waals surface area contributed by atoms with E-state index in [0.29, 0.717) is 12.1 Å². The van der Waals surface area contributed by atoms with Gasteiger partial charge in [0.05, 0.1) is 0 Å². The van der Waals surface area contributed by atoms with Crippen molar-refractivity contribution in [3.63, 3.8) is 0 Å². The summed E-state index contributed by atoms with van der Waals surface area (Å²) in [5, 5.41) is 3.49. The monoisotopic (exact) mass is 336 g/mol. The number of carbonyl (C=O) groups is 1. The molecule has 1 N–H and O–H groups in total. The van der Waals surface area contributed by atoms with Crippen LogP contribution in [-0.2, 0) is 0 Å². The average molecular weight is 337 g/mol. The van der Waals surface area contributed by atoms with E-state index < -0.39 is 0 Å². The van der Waals surface area contributed by atoms with Gasteiger partial charge in [-0.3, -0.25) is 4.79 Å². The minimum atomic E-state index is 0.182. The van der Waals surface area contributed by atoms with Crippen LogP contribution in [0.5, 0.6) is 0 Å². The highest BCUT2D eigenvalue weighted by Gasteiger charge is 2.35. The third kappa shape index (κ3) is 3.07. The molecule has 0 radical (unpaired) electrons. The van der Waals surface area contributed by atoms with E-state index in [2.05, 4.69) is 26.1 Å². The Kier molecular flexibility index (Phi) is 4.13. The molecule has 1 aliphatic carbocycles. The molecule has 1 saturated heterocycles. The second kappa shape index (κ2) is 5.86. The van der Waals surface area contributed by atoms with Crippen LogP contribution in [0.3, 0.4) is 0 Å². The fourth-order valence-electron chi connectivity index (χ4n) is 2.83. The predicted octanol–water partition coefficient (Wildman–Crippen LogP) is 3.11. The molecule has 0 aromatic heterocycles. The first-order valence-corrected chi connectivity index (χ1v) is 8.25. The lowest BCUT2D eigenvalue weighted by Crippen LogP contribution is -2.42. The molecular weight excluding hydrogens is 316 g/mol. The molecule has 1 amide bonds. The zero-order chi connectivity index (χ0) is 14.1. The SMILES string of the molecule is Cc1ccc(C(=O)N(CC2CCCN2)C2CC2)cc1Br. The molecule has 3 rings (SSSR count). The highest BCUT2D eigenvalue weighted by Crippen LogP contribution is 2.30. The van der Waals surface area contributed by atoms with Crippen molar-refractivity contribution in [3.05, 3.63) is 33.8 Å². The lowest BCUT2D eigenvalue weighted by atomic mass is 10.1. The lowest BCUT2D eigenvalue weighted by Gasteiger charge is -2.26. The molecule has 1 heterocycles. The van der Waals surface area contributed by atoms with Gasteiger partial charge in [0, 0.05) is 28.7 Å². The molecule has 1 aliphatic heterocycles. The fraction of sp³-hybridized carbons (Fsp3) is 0.562. The number of benzene rings is 1. The number of carbonyl (C=O) groups excluding carboxylic acids is 1. The first-order valence-electron chi connectivity index (χ1n) is 7.45. The largest absolute Gasteiger partial charge is 0.334 e. The molecule has 1 aromatic rings. The van der Waals surface area contributed by atoms with Crippen LogP contribution in [0.4, 0.5) is 0 Å². The van der Waals surface area contributed by atoms with E-state index in [-0.39, 0.29) is 5.91 Å². The Balaban J connectivity index is 1.75.